The molecule has 3 N–H and O–H groups in total. The summed E-state index contributed by atoms with van der Waals surface area (Å²) in [7, 11) is 0. The topological polar surface area (TPSA) is 75.7 Å². The first-order chi connectivity index (χ1) is 17.2. The quantitative estimate of drug-likeness (QED) is 0.179. The lowest BCUT2D eigenvalue weighted by Crippen LogP contribution is -2.13. The van der Waals surface area contributed by atoms with Crippen LogP contribution in [0.25, 0.3) is 17.0 Å². The Morgan fingerprint density at radius 1 is 0.886 bits per heavy atom. The van der Waals surface area contributed by atoms with E-state index in [2.05, 4.69) is 42.5 Å². The third-order valence-electron chi connectivity index (χ3n) is 5.99. The van der Waals surface area contributed by atoms with Gasteiger partial charge in [-0.1, -0.05) is 121 Å². The van der Waals surface area contributed by atoms with E-state index in [1.165, 1.54) is 17.3 Å². The van der Waals surface area contributed by atoms with Crippen LogP contribution in [0.5, 0.6) is 0 Å². The summed E-state index contributed by atoms with van der Waals surface area (Å²) in [6.07, 6.45) is 7.33. The van der Waals surface area contributed by atoms with Gasteiger partial charge in [0, 0.05) is 17.0 Å². The zero-order chi connectivity index (χ0) is 24.0. The number of nitrogens with one attached hydrogen (secondary N) is 1. The van der Waals surface area contributed by atoms with Crippen molar-refractivity contribution in [1.29, 1.82) is 5.41 Å². The molecule has 1 aliphatic rings. The Labute approximate surface area is 210 Å². The molecule has 1 heterocycles. The van der Waals surface area contributed by atoms with Crippen molar-refractivity contribution >= 4 is 22.4 Å². The standard InChI is InChI=1S/C30H26N4S/c31-28(22-13-6-2-7-14-22)35-29(32)27-20-26(33-30(34-27)23-15-8-3-9-16-23)25-18-10-17-24(19-25)21-11-4-1-5-12-21/h1-18,20,24,29,31H,19,32H2. The Morgan fingerprint density at radius 3 is 2.26 bits per heavy atom. The van der Waals surface area contributed by atoms with E-state index in [0.717, 1.165) is 28.8 Å². The van der Waals surface area contributed by atoms with E-state index >= 15 is 0 Å². The highest BCUT2D eigenvalue weighted by Crippen LogP contribution is 2.35. The van der Waals surface area contributed by atoms with Crippen molar-refractivity contribution < 1.29 is 0 Å². The Balaban J connectivity index is 1.48. The second kappa shape index (κ2) is 10.6. The summed E-state index contributed by atoms with van der Waals surface area (Å²) in [5.74, 6) is 0.941. The Kier molecular flexibility index (Phi) is 6.98. The van der Waals surface area contributed by atoms with Gasteiger partial charge in [-0.05, 0) is 23.6 Å². The molecule has 172 valence electrons. The fraction of sp³-hybridized carbons (Fsp3) is 0.100. The van der Waals surface area contributed by atoms with Crippen LogP contribution in [0.15, 0.2) is 115 Å². The van der Waals surface area contributed by atoms with Gasteiger partial charge in [0.25, 0.3) is 0 Å². The number of benzene rings is 3. The summed E-state index contributed by atoms with van der Waals surface area (Å²) in [5.41, 5.74) is 12.4. The predicted octanol–water partition coefficient (Wildman–Crippen LogP) is 6.99. The van der Waals surface area contributed by atoms with Crippen molar-refractivity contribution in [2.75, 3.05) is 0 Å². The van der Waals surface area contributed by atoms with Crippen molar-refractivity contribution in [3.63, 3.8) is 0 Å². The molecular weight excluding hydrogens is 448 g/mol. The van der Waals surface area contributed by atoms with Gasteiger partial charge in [-0.25, -0.2) is 9.97 Å². The molecule has 1 aliphatic carbocycles. The molecule has 4 aromatic rings. The van der Waals surface area contributed by atoms with Crippen LogP contribution >= 0.6 is 11.8 Å². The zero-order valence-corrected chi connectivity index (χ0v) is 20.0. The largest absolute Gasteiger partial charge is 0.314 e. The fourth-order valence-corrected chi connectivity index (χ4v) is 4.90. The number of thioether (sulfide) groups is 1. The minimum absolute atomic E-state index is 0.295. The maximum absolute atomic E-state index is 8.52. The maximum atomic E-state index is 8.52. The molecule has 2 atom stereocenters. The van der Waals surface area contributed by atoms with Crippen LogP contribution in [0.2, 0.25) is 0 Å². The third-order valence-corrected chi connectivity index (χ3v) is 6.95. The smallest absolute Gasteiger partial charge is 0.160 e. The molecule has 3 aromatic carbocycles. The van der Waals surface area contributed by atoms with E-state index in [9.17, 15) is 0 Å². The maximum Gasteiger partial charge on any atom is 0.160 e. The highest BCUT2D eigenvalue weighted by molar-refractivity contribution is 8.14. The monoisotopic (exact) mass is 474 g/mol. The molecular formula is C30H26N4S. The van der Waals surface area contributed by atoms with Crippen molar-refractivity contribution in [2.24, 2.45) is 5.73 Å². The van der Waals surface area contributed by atoms with Crippen LogP contribution in [0.1, 0.15) is 40.2 Å². The molecule has 0 spiro atoms. The van der Waals surface area contributed by atoms with E-state index in [1.807, 2.05) is 72.8 Å². The summed E-state index contributed by atoms with van der Waals surface area (Å²) in [5, 5.41) is 8.45. The molecule has 4 nitrogen and oxygen atoms in total. The Morgan fingerprint density at radius 2 is 1.54 bits per heavy atom. The molecule has 0 saturated carbocycles. The summed E-state index contributed by atoms with van der Waals surface area (Å²) >= 11 is 1.30. The highest BCUT2D eigenvalue weighted by atomic mass is 32.2. The van der Waals surface area contributed by atoms with E-state index in [1.54, 1.807) is 0 Å². The third kappa shape index (κ3) is 5.48. The van der Waals surface area contributed by atoms with Gasteiger partial charge in [0.05, 0.1) is 16.4 Å². The van der Waals surface area contributed by atoms with Gasteiger partial charge in [0.15, 0.2) is 5.82 Å². The SMILES string of the molecule is N=C(SC(N)c1cc(C2=CC=CC(c3ccccc3)C2)nc(-c2ccccc2)n1)c1ccccc1. The Bertz CT molecular complexity index is 1370. The summed E-state index contributed by atoms with van der Waals surface area (Å²) in [6.45, 7) is 0. The molecule has 35 heavy (non-hydrogen) atoms. The molecule has 0 saturated heterocycles. The van der Waals surface area contributed by atoms with Crippen molar-refractivity contribution in [2.45, 2.75) is 17.7 Å². The molecule has 0 bridgehead atoms. The van der Waals surface area contributed by atoms with Gasteiger partial charge >= 0.3 is 0 Å². The number of allylic oxidation sites excluding steroid dienone is 4. The average Bonchev–Trinajstić information content (AvgIpc) is 2.94. The van der Waals surface area contributed by atoms with Crippen LogP contribution in [0, 0.1) is 5.41 Å². The van der Waals surface area contributed by atoms with Gasteiger partial charge in [0.2, 0.25) is 0 Å². The molecule has 5 heteroatoms. The van der Waals surface area contributed by atoms with Crippen molar-refractivity contribution in [3.8, 4) is 11.4 Å². The first-order valence-electron chi connectivity index (χ1n) is 11.6. The van der Waals surface area contributed by atoms with Crippen molar-refractivity contribution in [1.82, 2.24) is 9.97 Å². The van der Waals surface area contributed by atoms with Crippen LogP contribution in [0.4, 0.5) is 0 Å². The summed E-state index contributed by atoms with van der Waals surface area (Å²) in [6, 6.07) is 32.1. The van der Waals surface area contributed by atoms with E-state index < -0.39 is 5.37 Å². The molecule has 1 aromatic heterocycles. The molecule has 0 radical (unpaired) electrons. The second-order valence-electron chi connectivity index (χ2n) is 8.40. The van der Waals surface area contributed by atoms with E-state index in [4.69, 9.17) is 21.1 Å². The minimum Gasteiger partial charge on any atom is -0.314 e. The molecule has 0 amide bonds. The fourth-order valence-electron chi connectivity index (χ4n) is 4.14. The summed E-state index contributed by atoms with van der Waals surface area (Å²) < 4.78 is 0. The van der Waals surface area contributed by atoms with Crippen LogP contribution in [0.3, 0.4) is 0 Å². The Hall–Kier alpha value is -3.80. The number of hydrogen-bond donors (Lipinski definition) is 2. The molecule has 2 unspecified atom stereocenters. The zero-order valence-electron chi connectivity index (χ0n) is 19.2. The highest BCUT2D eigenvalue weighted by Gasteiger charge is 2.20. The molecule has 5 rings (SSSR count). The second-order valence-corrected chi connectivity index (χ2v) is 9.55. The van der Waals surface area contributed by atoms with Crippen molar-refractivity contribution in [3.05, 3.63) is 138 Å². The van der Waals surface area contributed by atoms with Crippen LogP contribution in [-0.2, 0) is 0 Å². The minimum atomic E-state index is -0.489. The molecule has 0 fully saturated rings. The van der Waals surface area contributed by atoms with Gasteiger partial charge in [-0.15, -0.1) is 0 Å². The van der Waals surface area contributed by atoms with Gasteiger partial charge in [-0.3, -0.25) is 5.41 Å². The van der Waals surface area contributed by atoms with Crippen LogP contribution < -0.4 is 5.73 Å². The van der Waals surface area contributed by atoms with Crippen LogP contribution in [-0.4, -0.2) is 15.0 Å². The molecule has 0 aliphatic heterocycles. The van der Waals surface area contributed by atoms with Gasteiger partial charge < -0.3 is 5.73 Å². The summed E-state index contributed by atoms with van der Waals surface area (Å²) in [4.78, 5) is 9.77. The predicted molar refractivity (Wildman–Crippen MR) is 146 cm³/mol. The normalized spacial score (nSPS) is 15.9. The van der Waals surface area contributed by atoms with E-state index in [-0.39, 0.29) is 0 Å². The van der Waals surface area contributed by atoms with Gasteiger partial charge in [-0.2, -0.15) is 0 Å². The number of nitrogens with zero attached hydrogens (tertiary/aromatic N) is 2. The number of aromatic nitrogens is 2. The lowest BCUT2D eigenvalue weighted by Gasteiger charge is -2.20. The first kappa shape index (κ1) is 23.0. The lowest BCUT2D eigenvalue weighted by atomic mass is 9.87. The van der Waals surface area contributed by atoms with E-state index in [0.29, 0.717) is 22.5 Å². The first-order valence-corrected chi connectivity index (χ1v) is 12.5. The number of rotatable bonds is 6. The number of nitrogens with two attached hydrogens (primary N) is 1. The van der Waals surface area contributed by atoms with Gasteiger partial charge in [0.1, 0.15) is 5.37 Å². The average molecular weight is 475 g/mol. The number of hydrogen-bond acceptors (Lipinski definition) is 5. The lowest BCUT2D eigenvalue weighted by molar-refractivity contribution is 0.858.